The molecule has 0 bridgehead atoms. The van der Waals surface area contributed by atoms with Crippen LogP contribution in [0.5, 0.6) is 0 Å². The van der Waals surface area contributed by atoms with Gasteiger partial charge in [0.2, 0.25) is 5.91 Å². The number of hydrogen-bond donors (Lipinski definition) is 1. The molecule has 1 aromatic carbocycles. The number of carbonyl (C=O) groups is 1. The van der Waals surface area contributed by atoms with E-state index in [1.54, 1.807) is 0 Å². The number of anilines is 1. The topological polar surface area (TPSA) is 32.3 Å². The van der Waals surface area contributed by atoms with Crippen molar-refractivity contribution >= 4 is 11.6 Å². The molecule has 1 heterocycles. The van der Waals surface area contributed by atoms with E-state index in [1.165, 1.54) is 17.5 Å². The lowest BCUT2D eigenvalue weighted by molar-refractivity contribution is -0.116. The zero-order chi connectivity index (χ0) is 15.4. The maximum Gasteiger partial charge on any atom is 0.225 e. The Morgan fingerprint density at radius 1 is 1.19 bits per heavy atom. The molecule has 1 saturated heterocycles. The Bertz CT molecular complexity index is 488. The van der Waals surface area contributed by atoms with E-state index in [9.17, 15) is 4.79 Å². The van der Waals surface area contributed by atoms with Crippen LogP contribution < -0.4 is 5.32 Å². The summed E-state index contributed by atoms with van der Waals surface area (Å²) in [6.07, 6.45) is 1.89. The predicted octanol–water partition coefficient (Wildman–Crippen LogP) is 3.61. The van der Waals surface area contributed by atoms with Crippen LogP contribution in [0.2, 0.25) is 0 Å². The highest BCUT2D eigenvalue weighted by atomic mass is 16.1. The molecule has 0 unspecified atom stereocenters. The largest absolute Gasteiger partial charge is 0.326 e. The molecule has 3 nitrogen and oxygen atoms in total. The number of amides is 1. The lowest BCUT2D eigenvalue weighted by Gasteiger charge is -2.34. The van der Waals surface area contributed by atoms with E-state index < -0.39 is 0 Å². The number of hydrogen-bond acceptors (Lipinski definition) is 2. The molecule has 1 N–H and O–H groups in total. The van der Waals surface area contributed by atoms with Crippen molar-refractivity contribution in [1.82, 2.24) is 4.90 Å². The van der Waals surface area contributed by atoms with E-state index in [1.807, 2.05) is 12.1 Å². The third-order valence-corrected chi connectivity index (χ3v) is 4.39. The first-order chi connectivity index (χ1) is 9.94. The zero-order valence-electron chi connectivity index (χ0n) is 13.8. The second-order valence-corrected chi connectivity index (χ2v) is 6.80. The van der Waals surface area contributed by atoms with Crippen molar-refractivity contribution in [2.75, 3.05) is 25.0 Å². The molecule has 0 spiro atoms. The Labute approximate surface area is 128 Å². The van der Waals surface area contributed by atoms with Gasteiger partial charge in [0.25, 0.3) is 0 Å². The molecule has 0 radical (unpaired) electrons. The van der Waals surface area contributed by atoms with Crippen molar-refractivity contribution in [3.63, 3.8) is 0 Å². The lowest BCUT2D eigenvalue weighted by Crippen LogP contribution is -2.40. The summed E-state index contributed by atoms with van der Waals surface area (Å²) in [5.74, 6) is 1.61. The van der Waals surface area contributed by atoms with Gasteiger partial charge in [-0.1, -0.05) is 19.9 Å². The first-order valence-corrected chi connectivity index (χ1v) is 8.03. The van der Waals surface area contributed by atoms with Crippen LogP contribution in [0.1, 0.15) is 37.8 Å². The minimum absolute atomic E-state index is 0.115. The zero-order valence-corrected chi connectivity index (χ0v) is 13.8. The van der Waals surface area contributed by atoms with E-state index >= 15 is 0 Å². The van der Waals surface area contributed by atoms with Crippen LogP contribution >= 0.6 is 0 Å². The normalized spacial score (nSPS) is 23.0. The van der Waals surface area contributed by atoms with Gasteiger partial charge >= 0.3 is 0 Å². The van der Waals surface area contributed by atoms with Gasteiger partial charge in [-0.05, 0) is 55.4 Å². The molecule has 1 amide bonds. The van der Waals surface area contributed by atoms with E-state index in [-0.39, 0.29) is 5.91 Å². The summed E-state index contributed by atoms with van der Waals surface area (Å²) in [5, 5.41) is 3.01. The van der Waals surface area contributed by atoms with Crippen LogP contribution in [0.4, 0.5) is 5.69 Å². The average molecular weight is 288 g/mol. The van der Waals surface area contributed by atoms with Gasteiger partial charge in [0.05, 0.1) is 0 Å². The summed E-state index contributed by atoms with van der Waals surface area (Å²) in [5.41, 5.74) is 3.37. The molecule has 0 aliphatic carbocycles. The third-order valence-electron chi connectivity index (χ3n) is 4.39. The molecular weight excluding hydrogens is 260 g/mol. The standard InChI is InChI=1S/C18H28N2O/c1-13-9-14(2)12-20(11-13)8-7-18(21)19-17-6-5-15(3)16(4)10-17/h5-6,10,13-14H,7-9,11-12H2,1-4H3,(H,19,21)/t13-,14-/m1/s1. The van der Waals surface area contributed by atoms with Gasteiger partial charge in [-0.25, -0.2) is 0 Å². The summed E-state index contributed by atoms with van der Waals surface area (Å²) < 4.78 is 0. The van der Waals surface area contributed by atoms with Gasteiger partial charge in [0.1, 0.15) is 0 Å². The van der Waals surface area contributed by atoms with Gasteiger partial charge in [0.15, 0.2) is 0 Å². The molecular formula is C18H28N2O. The van der Waals surface area contributed by atoms with Crippen LogP contribution in [-0.2, 0) is 4.79 Å². The highest BCUT2D eigenvalue weighted by Crippen LogP contribution is 2.21. The molecule has 3 heteroatoms. The van der Waals surface area contributed by atoms with Crippen LogP contribution in [0, 0.1) is 25.7 Å². The van der Waals surface area contributed by atoms with Crippen molar-refractivity contribution in [1.29, 1.82) is 0 Å². The molecule has 1 aliphatic rings. The van der Waals surface area contributed by atoms with E-state index in [2.05, 4.69) is 44.0 Å². The first-order valence-electron chi connectivity index (χ1n) is 8.03. The number of rotatable bonds is 4. The Morgan fingerprint density at radius 3 is 2.48 bits per heavy atom. The van der Waals surface area contributed by atoms with E-state index in [0.717, 1.165) is 37.2 Å². The van der Waals surface area contributed by atoms with Gasteiger partial charge in [-0.15, -0.1) is 0 Å². The maximum atomic E-state index is 12.1. The Morgan fingerprint density at radius 2 is 1.86 bits per heavy atom. The molecule has 2 atom stereocenters. The fourth-order valence-corrected chi connectivity index (χ4v) is 3.28. The first kappa shape index (κ1) is 16.0. The number of aryl methyl sites for hydroxylation is 2. The quantitative estimate of drug-likeness (QED) is 0.918. The molecule has 116 valence electrons. The second kappa shape index (κ2) is 7.08. The molecule has 0 aromatic heterocycles. The van der Waals surface area contributed by atoms with E-state index in [0.29, 0.717) is 6.42 Å². The van der Waals surface area contributed by atoms with Crippen LogP contribution in [-0.4, -0.2) is 30.4 Å². The van der Waals surface area contributed by atoms with Gasteiger partial charge in [-0.3, -0.25) is 4.79 Å². The number of nitrogens with one attached hydrogen (secondary N) is 1. The number of nitrogens with zero attached hydrogens (tertiary/aromatic N) is 1. The number of benzene rings is 1. The lowest BCUT2D eigenvalue weighted by atomic mass is 9.92. The summed E-state index contributed by atoms with van der Waals surface area (Å²) in [6, 6.07) is 6.07. The molecule has 1 fully saturated rings. The Hall–Kier alpha value is -1.35. The number of likely N-dealkylation sites (tertiary alicyclic amines) is 1. The minimum atomic E-state index is 0.115. The van der Waals surface area contributed by atoms with Crippen LogP contribution in [0.25, 0.3) is 0 Å². The van der Waals surface area contributed by atoms with Crippen molar-refractivity contribution in [2.24, 2.45) is 11.8 Å². The Balaban J connectivity index is 1.80. The summed E-state index contributed by atoms with van der Waals surface area (Å²) >= 11 is 0. The molecule has 0 saturated carbocycles. The summed E-state index contributed by atoms with van der Waals surface area (Å²) in [4.78, 5) is 14.5. The van der Waals surface area contributed by atoms with Crippen molar-refractivity contribution in [3.8, 4) is 0 Å². The van der Waals surface area contributed by atoms with Crippen molar-refractivity contribution < 1.29 is 4.79 Å². The second-order valence-electron chi connectivity index (χ2n) is 6.80. The summed E-state index contributed by atoms with van der Waals surface area (Å²) in [7, 11) is 0. The molecule has 2 rings (SSSR count). The van der Waals surface area contributed by atoms with Gasteiger partial charge < -0.3 is 10.2 Å². The number of carbonyl (C=O) groups excluding carboxylic acids is 1. The highest BCUT2D eigenvalue weighted by Gasteiger charge is 2.21. The highest BCUT2D eigenvalue weighted by molar-refractivity contribution is 5.90. The molecule has 1 aromatic rings. The fourth-order valence-electron chi connectivity index (χ4n) is 3.28. The van der Waals surface area contributed by atoms with Crippen LogP contribution in [0.15, 0.2) is 18.2 Å². The predicted molar refractivity (Wildman–Crippen MR) is 88.5 cm³/mol. The molecule has 1 aliphatic heterocycles. The maximum absolute atomic E-state index is 12.1. The minimum Gasteiger partial charge on any atom is -0.326 e. The van der Waals surface area contributed by atoms with E-state index in [4.69, 9.17) is 0 Å². The van der Waals surface area contributed by atoms with Crippen molar-refractivity contribution in [2.45, 2.75) is 40.5 Å². The smallest absolute Gasteiger partial charge is 0.225 e. The number of piperidine rings is 1. The third kappa shape index (κ3) is 4.85. The molecule has 21 heavy (non-hydrogen) atoms. The van der Waals surface area contributed by atoms with Crippen molar-refractivity contribution in [3.05, 3.63) is 29.3 Å². The Kier molecular flexibility index (Phi) is 5.40. The SMILES string of the molecule is Cc1ccc(NC(=O)CCN2C[C@H](C)C[C@@H](C)C2)cc1C. The van der Waals surface area contributed by atoms with Crippen LogP contribution in [0.3, 0.4) is 0 Å². The summed E-state index contributed by atoms with van der Waals surface area (Å²) in [6.45, 7) is 11.9. The van der Waals surface area contributed by atoms with Gasteiger partial charge in [0, 0.05) is 31.7 Å². The fraction of sp³-hybridized carbons (Fsp3) is 0.611. The monoisotopic (exact) mass is 288 g/mol. The average Bonchev–Trinajstić information content (AvgIpc) is 2.40. The van der Waals surface area contributed by atoms with Gasteiger partial charge in [-0.2, -0.15) is 0 Å².